The van der Waals surface area contributed by atoms with E-state index in [1.54, 1.807) is 6.21 Å². The molecule has 0 aromatic rings. The van der Waals surface area contributed by atoms with Gasteiger partial charge in [-0.15, -0.1) is 0 Å². The van der Waals surface area contributed by atoms with Crippen molar-refractivity contribution < 1.29 is 29.6 Å². The third-order valence-electron chi connectivity index (χ3n) is 14.0. The first-order chi connectivity index (χ1) is 19.0. The Kier molecular flexibility index (Phi) is 7.56. The lowest BCUT2D eigenvalue weighted by Gasteiger charge is -2.63. The molecule has 0 bridgehead atoms. The Labute approximate surface area is 247 Å². The molecule has 5 fully saturated rings. The maximum absolute atomic E-state index is 11.9. The van der Waals surface area contributed by atoms with Crippen molar-refractivity contribution in [3.05, 3.63) is 0 Å². The van der Waals surface area contributed by atoms with E-state index < -0.39 is 35.5 Å². The van der Waals surface area contributed by atoms with Crippen LogP contribution in [0.4, 0.5) is 4.79 Å². The van der Waals surface area contributed by atoms with Crippen molar-refractivity contribution in [2.24, 2.45) is 50.7 Å². The third kappa shape index (κ3) is 4.06. The summed E-state index contributed by atoms with van der Waals surface area (Å²) in [5.74, 6) is 0.419. The lowest BCUT2D eigenvalue weighted by molar-refractivity contribution is -0.159. The molecule has 0 amide bonds. The number of carbonyl (C=O) groups is 1. The molecule has 7 heteroatoms. The van der Waals surface area contributed by atoms with Gasteiger partial charge in [0.15, 0.2) is 0 Å². The van der Waals surface area contributed by atoms with Gasteiger partial charge in [-0.25, -0.2) is 4.79 Å². The number of carbonyl (C=O) groups excluding carboxylic acids is 1. The van der Waals surface area contributed by atoms with Gasteiger partial charge in [0.25, 0.3) is 0 Å². The first kappa shape index (κ1) is 31.3. The van der Waals surface area contributed by atoms with Crippen molar-refractivity contribution in [2.75, 3.05) is 0 Å². The number of nitrogens with one attached hydrogen (secondary N) is 1. The highest BCUT2D eigenvalue weighted by molar-refractivity contribution is 5.69. The van der Waals surface area contributed by atoms with E-state index in [9.17, 15) is 20.1 Å². The summed E-state index contributed by atoms with van der Waals surface area (Å²) in [5.41, 5.74) is -1.81. The Bertz CT molecular complexity index is 1040. The molecule has 234 valence electrons. The number of ether oxygens (including phenoxy) is 2. The fraction of sp³-hybridized carbons (Fsp3) is 0.941. The molecule has 0 aromatic carbocycles. The van der Waals surface area contributed by atoms with Gasteiger partial charge in [-0.2, -0.15) is 0 Å². The van der Waals surface area contributed by atoms with E-state index in [1.807, 2.05) is 13.8 Å². The van der Waals surface area contributed by atoms with Crippen molar-refractivity contribution in [2.45, 2.75) is 150 Å². The molecule has 12 atom stereocenters. The van der Waals surface area contributed by atoms with Gasteiger partial charge in [0.2, 0.25) is 0 Å². The van der Waals surface area contributed by atoms with Crippen molar-refractivity contribution in [3.63, 3.8) is 0 Å². The first-order valence-electron chi connectivity index (χ1n) is 16.5. The fourth-order valence-electron chi connectivity index (χ4n) is 11.8. The Balaban J connectivity index is 1.42. The Morgan fingerprint density at radius 2 is 1.73 bits per heavy atom. The first-order valence-corrected chi connectivity index (χ1v) is 16.5. The molecule has 1 saturated heterocycles. The number of cyclic esters (lactones) is 2. The fourth-order valence-corrected chi connectivity index (χ4v) is 11.8. The predicted molar refractivity (Wildman–Crippen MR) is 159 cm³/mol. The number of rotatable bonds is 9. The van der Waals surface area contributed by atoms with Gasteiger partial charge in [0, 0.05) is 17.0 Å². The molecule has 1 heterocycles. The molecule has 5 aliphatic rings. The van der Waals surface area contributed by atoms with Gasteiger partial charge >= 0.3 is 6.16 Å². The van der Waals surface area contributed by atoms with Crippen molar-refractivity contribution in [1.82, 2.24) is 0 Å². The molecular weight excluding hydrogens is 518 g/mol. The number of unbranched alkanes of at least 4 members (excludes halogenated alkanes) is 1. The Morgan fingerprint density at radius 3 is 2.32 bits per heavy atom. The molecular formula is C34H57NO6. The highest BCUT2D eigenvalue weighted by Crippen LogP contribution is 2.88. The largest absolute Gasteiger partial charge is 0.509 e. The quantitative estimate of drug-likeness (QED) is 0.184. The number of hydrogen-bond donors (Lipinski definition) is 4. The summed E-state index contributed by atoms with van der Waals surface area (Å²) >= 11 is 0. The second kappa shape index (κ2) is 9.92. The zero-order chi connectivity index (χ0) is 30.4. The highest BCUT2D eigenvalue weighted by atomic mass is 16.8. The zero-order valence-corrected chi connectivity index (χ0v) is 26.8. The van der Waals surface area contributed by atoms with Crippen LogP contribution in [0.3, 0.4) is 0 Å². The maximum Gasteiger partial charge on any atom is 0.509 e. The highest BCUT2D eigenvalue weighted by Gasteiger charge is 2.84. The standard InChI is InChI=1S/C34H57NO6/c1-9-10-13-32-18-33(32)15-12-24(36)29(4,5)34(33,19-35)14-11-23(32)31(8)17-22(25(37)26(31)38)20(2)16-21(3)27-30(6,7)41-28(39)40-27/h19-27,35-38H,9-18H2,1-8H3/t20-,21-,22+,23+,24+,25+,26+,27+,31-,32+,33+,34-/m1/s1. The summed E-state index contributed by atoms with van der Waals surface area (Å²) in [6, 6.07) is 0. The Hall–Kier alpha value is -1.18. The van der Waals surface area contributed by atoms with Crippen LogP contribution in [0.1, 0.15) is 120 Å². The average Bonchev–Trinajstić information content (AvgIpc) is 3.41. The van der Waals surface area contributed by atoms with Crippen molar-refractivity contribution in [1.29, 1.82) is 5.41 Å². The molecule has 4 N–H and O–H groups in total. The molecule has 4 saturated carbocycles. The van der Waals surface area contributed by atoms with Gasteiger partial charge < -0.3 is 30.2 Å². The smallest absolute Gasteiger partial charge is 0.426 e. The summed E-state index contributed by atoms with van der Waals surface area (Å²) in [7, 11) is 0. The average molecular weight is 576 g/mol. The molecule has 0 aromatic heterocycles. The molecule has 4 aliphatic carbocycles. The van der Waals surface area contributed by atoms with E-state index >= 15 is 0 Å². The van der Waals surface area contributed by atoms with Crippen LogP contribution in [0.25, 0.3) is 0 Å². The SMILES string of the molecule is CCCC[C@@]12C[C@@]13CC[C@H](O)C(C)(C)[C@]3(C=N)CC[C@H]2[C@@]1(C)C[C@@H]([C@H](C)C[C@@H](C)[C@@H]2OC(=O)OC2(C)C)[C@H](O)[C@@H]1O. The van der Waals surface area contributed by atoms with E-state index in [4.69, 9.17) is 14.9 Å². The summed E-state index contributed by atoms with van der Waals surface area (Å²) in [5, 5.41) is 43.4. The third-order valence-corrected chi connectivity index (χ3v) is 14.0. The van der Waals surface area contributed by atoms with Crippen molar-refractivity contribution >= 4 is 12.4 Å². The molecule has 5 rings (SSSR count). The number of hydrogen-bond acceptors (Lipinski definition) is 7. The summed E-state index contributed by atoms with van der Waals surface area (Å²) in [6.07, 6.45) is 8.17. The maximum atomic E-state index is 11.9. The molecule has 1 aliphatic heterocycles. The topological polar surface area (TPSA) is 120 Å². The monoisotopic (exact) mass is 575 g/mol. The van der Waals surface area contributed by atoms with Crippen LogP contribution in [0.5, 0.6) is 0 Å². The lowest BCUT2D eigenvalue weighted by Crippen LogP contribution is -2.61. The number of aliphatic hydroxyl groups excluding tert-OH is 3. The molecule has 7 nitrogen and oxygen atoms in total. The van der Waals surface area contributed by atoms with Gasteiger partial charge in [-0.05, 0) is 105 Å². The minimum atomic E-state index is -0.801. The van der Waals surface area contributed by atoms with Crippen LogP contribution in [0, 0.1) is 56.2 Å². The van der Waals surface area contributed by atoms with Crippen LogP contribution in [-0.4, -0.2) is 57.7 Å². The Morgan fingerprint density at radius 1 is 1.05 bits per heavy atom. The van der Waals surface area contributed by atoms with Crippen LogP contribution >= 0.6 is 0 Å². The minimum absolute atomic E-state index is 0.0214. The van der Waals surface area contributed by atoms with Gasteiger partial charge in [0.1, 0.15) is 11.7 Å². The molecule has 1 spiro atoms. The predicted octanol–water partition coefficient (Wildman–Crippen LogP) is 6.50. The van der Waals surface area contributed by atoms with Crippen LogP contribution in [0.15, 0.2) is 0 Å². The van der Waals surface area contributed by atoms with E-state index in [1.165, 1.54) is 0 Å². The number of aliphatic hydroxyl groups is 3. The van der Waals surface area contributed by atoms with E-state index in [0.29, 0.717) is 0 Å². The summed E-state index contributed by atoms with van der Waals surface area (Å²) in [6.45, 7) is 16.9. The van der Waals surface area contributed by atoms with Crippen molar-refractivity contribution in [3.8, 4) is 0 Å². The van der Waals surface area contributed by atoms with Crippen LogP contribution in [0.2, 0.25) is 0 Å². The van der Waals surface area contributed by atoms with Crippen LogP contribution in [-0.2, 0) is 9.47 Å². The second-order valence-corrected chi connectivity index (χ2v) is 16.5. The zero-order valence-electron chi connectivity index (χ0n) is 26.8. The minimum Gasteiger partial charge on any atom is -0.426 e. The van der Waals surface area contributed by atoms with E-state index in [0.717, 1.165) is 64.2 Å². The summed E-state index contributed by atoms with van der Waals surface area (Å²) < 4.78 is 10.9. The molecule has 41 heavy (non-hydrogen) atoms. The van der Waals surface area contributed by atoms with Crippen LogP contribution < -0.4 is 0 Å². The van der Waals surface area contributed by atoms with E-state index in [2.05, 4.69) is 41.5 Å². The molecule has 0 unspecified atom stereocenters. The summed E-state index contributed by atoms with van der Waals surface area (Å²) in [4.78, 5) is 11.9. The second-order valence-electron chi connectivity index (χ2n) is 16.5. The molecule has 0 radical (unpaired) electrons. The normalized spacial score (nSPS) is 49.3. The van der Waals surface area contributed by atoms with E-state index in [-0.39, 0.29) is 51.4 Å². The van der Waals surface area contributed by atoms with Gasteiger partial charge in [-0.3, -0.25) is 0 Å². The van der Waals surface area contributed by atoms with Gasteiger partial charge in [-0.1, -0.05) is 54.4 Å². The lowest BCUT2D eigenvalue weighted by atomic mass is 9.41. The van der Waals surface area contributed by atoms with Gasteiger partial charge in [0.05, 0.1) is 18.3 Å².